The molecule has 90 valence electrons. The molecular formula is C13H22N2O. The molecule has 0 atom stereocenters. The molecule has 0 spiro atoms. The van der Waals surface area contributed by atoms with Gasteiger partial charge in [-0.3, -0.25) is 0 Å². The third-order valence-corrected chi connectivity index (χ3v) is 2.88. The van der Waals surface area contributed by atoms with Gasteiger partial charge in [0, 0.05) is 31.9 Å². The first-order valence-electron chi connectivity index (χ1n) is 5.88. The molecule has 1 aromatic carbocycles. The first kappa shape index (κ1) is 13.0. The first-order valence-corrected chi connectivity index (χ1v) is 5.88. The van der Waals surface area contributed by atoms with Gasteiger partial charge in [-0.1, -0.05) is 6.07 Å². The molecule has 0 fully saturated rings. The summed E-state index contributed by atoms with van der Waals surface area (Å²) in [5.74, 6) is 0. The Morgan fingerprint density at radius 1 is 1.38 bits per heavy atom. The maximum Gasteiger partial charge on any atom is 0.0447 e. The second-order valence-corrected chi connectivity index (χ2v) is 3.97. The molecule has 0 bridgehead atoms. The quantitative estimate of drug-likeness (QED) is 0.769. The summed E-state index contributed by atoms with van der Waals surface area (Å²) in [5, 5.41) is 8.85. The van der Waals surface area contributed by atoms with Crippen LogP contribution in [0.5, 0.6) is 0 Å². The molecule has 1 rings (SSSR count). The molecule has 0 aliphatic carbocycles. The van der Waals surface area contributed by atoms with Crippen molar-refractivity contribution in [3.05, 3.63) is 29.3 Å². The van der Waals surface area contributed by atoms with Crippen LogP contribution in [-0.2, 0) is 6.54 Å². The van der Waals surface area contributed by atoms with Gasteiger partial charge >= 0.3 is 0 Å². The first-order chi connectivity index (χ1) is 7.72. The predicted molar refractivity (Wildman–Crippen MR) is 68.7 cm³/mol. The van der Waals surface area contributed by atoms with Crippen LogP contribution in [0.15, 0.2) is 18.2 Å². The highest BCUT2D eigenvalue weighted by Gasteiger charge is 2.05. The van der Waals surface area contributed by atoms with Crippen LogP contribution in [0.3, 0.4) is 0 Å². The number of aliphatic hydroxyl groups is 1. The lowest BCUT2D eigenvalue weighted by atomic mass is 10.1. The number of rotatable bonds is 6. The zero-order chi connectivity index (χ0) is 12.0. The molecule has 0 amide bonds. The minimum absolute atomic E-state index is 0.246. The van der Waals surface area contributed by atoms with E-state index < -0.39 is 0 Å². The number of hydrogen-bond donors (Lipinski definition) is 2. The van der Waals surface area contributed by atoms with Crippen molar-refractivity contribution in [2.75, 3.05) is 24.6 Å². The van der Waals surface area contributed by atoms with E-state index in [1.165, 1.54) is 16.8 Å². The number of aliphatic hydroxyl groups excluding tert-OH is 1. The van der Waals surface area contributed by atoms with E-state index in [0.717, 1.165) is 19.5 Å². The predicted octanol–water partition coefficient (Wildman–Crippen LogP) is 1.66. The smallest absolute Gasteiger partial charge is 0.0447 e. The summed E-state index contributed by atoms with van der Waals surface area (Å²) in [6.45, 7) is 6.91. The highest BCUT2D eigenvalue weighted by molar-refractivity contribution is 5.50. The molecule has 0 heterocycles. The maximum absolute atomic E-state index is 8.85. The standard InChI is InChI=1S/C13H22N2O/c1-3-15(7-4-8-16)13-6-5-12(10-14)11(2)9-13/h5-6,9,16H,3-4,7-8,10,14H2,1-2H3. The van der Waals surface area contributed by atoms with E-state index in [4.69, 9.17) is 10.8 Å². The lowest BCUT2D eigenvalue weighted by Crippen LogP contribution is -2.24. The molecule has 0 aliphatic heterocycles. The van der Waals surface area contributed by atoms with Gasteiger partial charge in [-0.15, -0.1) is 0 Å². The molecule has 0 unspecified atom stereocenters. The second-order valence-electron chi connectivity index (χ2n) is 3.97. The average molecular weight is 222 g/mol. The Hall–Kier alpha value is -1.06. The Balaban J connectivity index is 2.80. The molecular weight excluding hydrogens is 200 g/mol. The Morgan fingerprint density at radius 2 is 2.12 bits per heavy atom. The van der Waals surface area contributed by atoms with Crippen molar-refractivity contribution in [3.63, 3.8) is 0 Å². The van der Waals surface area contributed by atoms with Gasteiger partial charge in [-0.25, -0.2) is 0 Å². The van der Waals surface area contributed by atoms with Gasteiger partial charge in [0.2, 0.25) is 0 Å². The molecule has 3 N–H and O–H groups in total. The molecule has 3 nitrogen and oxygen atoms in total. The van der Waals surface area contributed by atoms with Crippen LogP contribution >= 0.6 is 0 Å². The van der Waals surface area contributed by atoms with E-state index in [9.17, 15) is 0 Å². The Bertz CT molecular complexity index is 326. The summed E-state index contributed by atoms with van der Waals surface area (Å²) in [6, 6.07) is 6.37. The number of hydrogen-bond acceptors (Lipinski definition) is 3. The van der Waals surface area contributed by atoms with Gasteiger partial charge in [-0.2, -0.15) is 0 Å². The Labute approximate surface area is 97.9 Å². The molecule has 0 saturated heterocycles. The van der Waals surface area contributed by atoms with Gasteiger partial charge in [0.15, 0.2) is 0 Å². The number of nitrogens with two attached hydrogens (primary N) is 1. The fraction of sp³-hybridized carbons (Fsp3) is 0.538. The normalized spacial score (nSPS) is 10.5. The minimum Gasteiger partial charge on any atom is -0.396 e. The van der Waals surface area contributed by atoms with Crippen LogP contribution in [0.2, 0.25) is 0 Å². The fourth-order valence-corrected chi connectivity index (χ4v) is 1.84. The topological polar surface area (TPSA) is 49.5 Å². The van der Waals surface area contributed by atoms with E-state index in [1.54, 1.807) is 0 Å². The molecule has 0 aromatic heterocycles. The second kappa shape index (κ2) is 6.51. The van der Waals surface area contributed by atoms with Crippen molar-refractivity contribution in [1.82, 2.24) is 0 Å². The van der Waals surface area contributed by atoms with Crippen LogP contribution < -0.4 is 10.6 Å². The maximum atomic E-state index is 8.85. The molecule has 0 radical (unpaired) electrons. The Kier molecular flexibility index (Phi) is 5.29. The van der Waals surface area contributed by atoms with Crippen LogP contribution in [-0.4, -0.2) is 24.8 Å². The summed E-state index contributed by atoms with van der Waals surface area (Å²) in [6.07, 6.45) is 0.811. The minimum atomic E-state index is 0.246. The van der Waals surface area contributed by atoms with Gasteiger partial charge < -0.3 is 15.7 Å². The van der Waals surface area contributed by atoms with Crippen LogP contribution in [0.1, 0.15) is 24.5 Å². The Morgan fingerprint density at radius 3 is 2.62 bits per heavy atom. The van der Waals surface area contributed by atoms with Gasteiger partial charge in [0.1, 0.15) is 0 Å². The number of aryl methyl sites for hydroxylation is 1. The van der Waals surface area contributed by atoms with Crippen molar-refractivity contribution in [2.45, 2.75) is 26.8 Å². The van der Waals surface area contributed by atoms with Crippen molar-refractivity contribution in [3.8, 4) is 0 Å². The van der Waals surface area contributed by atoms with E-state index in [-0.39, 0.29) is 6.61 Å². The van der Waals surface area contributed by atoms with Gasteiger partial charge in [0.25, 0.3) is 0 Å². The van der Waals surface area contributed by atoms with Crippen molar-refractivity contribution in [2.24, 2.45) is 5.73 Å². The summed E-state index contributed by atoms with van der Waals surface area (Å²) in [5.41, 5.74) is 9.29. The molecule has 3 heteroatoms. The van der Waals surface area contributed by atoms with Crippen molar-refractivity contribution in [1.29, 1.82) is 0 Å². The zero-order valence-electron chi connectivity index (χ0n) is 10.2. The van der Waals surface area contributed by atoms with Crippen molar-refractivity contribution < 1.29 is 5.11 Å². The summed E-state index contributed by atoms with van der Waals surface area (Å²) in [7, 11) is 0. The number of benzene rings is 1. The molecule has 1 aromatic rings. The summed E-state index contributed by atoms with van der Waals surface area (Å²) >= 11 is 0. The molecule has 16 heavy (non-hydrogen) atoms. The van der Waals surface area contributed by atoms with E-state index in [0.29, 0.717) is 6.54 Å². The molecule has 0 saturated carbocycles. The van der Waals surface area contributed by atoms with E-state index >= 15 is 0 Å². The highest BCUT2D eigenvalue weighted by Crippen LogP contribution is 2.19. The largest absolute Gasteiger partial charge is 0.396 e. The van der Waals surface area contributed by atoms with Gasteiger partial charge in [-0.05, 0) is 43.5 Å². The third-order valence-electron chi connectivity index (χ3n) is 2.88. The lowest BCUT2D eigenvalue weighted by Gasteiger charge is -2.23. The van der Waals surface area contributed by atoms with E-state index in [2.05, 4.69) is 36.9 Å². The fourth-order valence-electron chi connectivity index (χ4n) is 1.84. The van der Waals surface area contributed by atoms with Crippen LogP contribution in [0.4, 0.5) is 5.69 Å². The zero-order valence-corrected chi connectivity index (χ0v) is 10.2. The monoisotopic (exact) mass is 222 g/mol. The lowest BCUT2D eigenvalue weighted by molar-refractivity contribution is 0.289. The summed E-state index contributed by atoms with van der Waals surface area (Å²) in [4.78, 5) is 2.27. The SMILES string of the molecule is CCN(CCCO)c1ccc(CN)c(C)c1. The van der Waals surface area contributed by atoms with Crippen molar-refractivity contribution >= 4 is 5.69 Å². The average Bonchev–Trinajstić information content (AvgIpc) is 2.30. The number of anilines is 1. The highest BCUT2D eigenvalue weighted by atomic mass is 16.3. The van der Waals surface area contributed by atoms with Crippen LogP contribution in [0.25, 0.3) is 0 Å². The van der Waals surface area contributed by atoms with Gasteiger partial charge in [0.05, 0.1) is 0 Å². The molecule has 0 aliphatic rings. The third kappa shape index (κ3) is 3.22. The number of nitrogens with zero attached hydrogens (tertiary/aromatic N) is 1. The van der Waals surface area contributed by atoms with Crippen LogP contribution in [0, 0.1) is 6.92 Å². The summed E-state index contributed by atoms with van der Waals surface area (Å²) < 4.78 is 0. The van der Waals surface area contributed by atoms with E-state index in [1.807, 2.05) is 0 Å².